The summed E-state index contributed by atoms with van der Waals surface area (Å²) in [7, 11) is -1.71. The topological polar surface area (TPSA) is 20.3 Å². The molecule has 2 nitrogen and oxygen atoms in total. The number of halogens is 3. The molecule has 0 aliphatic carbocycles. The largest absolute Gasteiger partial charge is 0.417 e. The Morgan fingerprint density at radius 2 is 1.67 bits per heavy atom. The van der Waals surface area contributed by atoms with E-state index in [-0.39, 0.29) is 4.90 Å². The Balaban J connectivity index is 2.30. The van der Waals surface area contributed by atoms with Crippen LogP contribution >= 0.6 is 0 Å². The van der Waals surface area contributed by atoms with Crippen molar-refractivity contribution in [1.82, 2.24) is 4.31 Å². The average Bonchev–Trinajstić information content (AvgIpc) is 2.38. The standard InChI is InChI=1S/C12H14F3NOS/c13-12(14,15)10-6-2-3-7-11(10)18(17)16-8-4-1-5-9-16/h2-3,6-7H,1,4-5,8-9H2. The summed E-state index contributed by atoms with van der Waals surface area (Å²) in [4.78, 5) is -0.132. The van der Waals surface area contributed by atoms with E-state index in [9.17, 15) is 17.4 Å². The average molecular weight is 277 g/mol. The van der Waals surface area contributed by atoms with Crippen molar-refractivity contribution in [1.29, 1.82) is 0 Å². The minimum atomic E-state index is -4.46. The Morgan fingerprint density at radius 1 is 1.06 bits per heavy atom. The fourth-order valence-corrected chi connectivity index (χ4v) is 3.46. The number of alkyl halides is 3. The summed E-state index contributed by atoms with van der Waals surface area (Å²) >= 11 is 0. The monoisotopic (exact) mass is 277 g/mol. The summed E-state index contributed by atoms with van der Waals surface area (Å²) in [6, 6.07) is 5.09. The molecular weight excluding hydrogens is 263 g/mol. The highest BCUT2D eigenvalue weighted by molar-refractivity contribution is 7.82. The first-order valence-corrected chi connectivity index (χ1v) is 6.94. The second-order valence-corrected chi connectivity index (χ2v) is 5.69. The van der Waals surface area contributed by atoms with Crippen LogP contribution in [0.25, 0.3) is 0 Å². The molecule has 0 amide bonds. The molecule has 0 aromatic heterocycles. The van der Waals surface area contributed by atoms with Crippen molar-refractivity contribution in [2.45, 2.75) is 30.3 Å². The Morgan fingerprint density at radius 3 is 2.28 bits per heavy atom. The minimum Gasteiger partial charge on any atom is -0.237 e. The van der Waals surface area contributed by atoms with Crippen molar-refractivity contribution in [3.8, 4) is 0 Å². The molecule has 1 saturated heterocycles. The van der Waals surface area contributed by atoms with E-state index < -0.39 is 22.7 Å². The van der Waals surface area contributed by atoms with Gasteiger partial charge in [-0.1, -0.05) is 18.6 Å². The van der Waals surface area contributed by atoms with E-state index in [0.29, 0.717) is 13.1 Å². The highest BCUT2D eigenvalue weighted by Gasteiger charge is 2.35. The fraction of sp³-hybridized carbons (Fsp3) is 0.500. The van der Waals surface area contributed by atoms with Gasteiger partial charge >= 0.3 is 6.18 Å². The zero-order valence-corrected chi connectivity index (χ0v) is 10.6. The lowest BCUT2D eigenvalue weighted by Crippen LogP contribution is -2.32. The van der Waals surface area contributed by atoms with E-state index in [4.69, 9.17) is 0 Å². The molecule has 6 heteroatoms. The van der Waals surface area contributed by atoms with Gasteiger partial charge in [-0.2, -0.15) is 13.2 Å². The lowest BCUT2D eigenvalue weighted by molar-refractivity contribution is -0.139. The number of hydrogen-bond acceptors (Lipinski definition) is 1. The molecule has 1 aliphatic heterocycles. The van der Waals surface area contributed by atoms with Crippen LogP contribution in [0, 0.1) is 0 Å². The molecule has 0 radical (unpaired) electrons. The van der Waals surface area contributed by atoms with E-state index in [1.165, 1.54) is 18.2 Å². The van der Waals surface area contributed by atoms with E-state index >= 15 is 0 Å². The summed E-state index contributed by atoms with van der Waals surface area (Å²) in [5.41, 5.74) is -0.797. The summed E-state index contributed by atoms with van der Waals surface area (Å²) in [6.45, 7) is 1.19. The van der Waals surface area contributed by atoms with Crippen LogP contribution < -0.4 is 0 Å². The van der Waals surface area contributed by atoms with Crippen molar-refractivity contribution < 1.29 is 17.4 Å². The van der Waals surface area contributed by atoms with E-state index in [0.717, 1.165) is 25.3 Å². The molecule has 1 fully saturated rings. The van der Waals surface area contributed by atoms with Crippen LogP contribution in [0.2, 0.25) is 0 Å². The van der Waals surface area contributed by atoms with Crippen LogP contribution in [-0.2, 0) is 17.2 Å². The number of piperidine rings is 1. The molecule has 1 heterocycles. The van der Waals surface area contributed by atoms with Crippen LogP contribution in [-0.4, -0.2) is 21.6 Å². The molecule has 2 rings (SSSR count). The van der Waals surface area contributed by atoms with E-state index in [1.54, 1.807) is 4.31 Å². The van der Waals surface area contributed by atoms with Crippen molar-refractivity contribution in [2.75, 3.05) is 13.1 Å². The molecule has 0 spiro atoms. The Kier molecular flexibility index (Phi) is 4.07. The third-order valence-electron chi connectivity index (χ3n) is 2.93. The van der Waals surface area contributed by atoms with Gasteiger partial charge in [-0.3, -0.25) is 0 Å². The summed E-state index contributed by atoms with van der Waals surface area (Å²) in [6.07, 6.45) is -1.63. The maximum Gasteiger partial charge on any atom is 0.417 e. The maximum atomic E-state index is 12.8. The lowest BCUT2D eigenvalue weighted by Gasteiger charge is -2.26. The zero-order valence-electron chi connectivity index (χ0n) is 9.74. The van der Waals surface area contributed by atoms with E-state index in [1.807, 2.05) is 0 Å². The molecule has 18 heavy (non-hydrogen) atoms. The molecule has 1 aromatic carbocycles. The second-order valence-electron chi connectivity index (χ2n) is 4.23. The molecule has 1 aliphatic rings. The summed E-state index contributed by atoms with van der Waals surface area (Å²) < 4.78 is 52.3. The van der Waals surface area contributed by atoms with Crippen LogP contribution in [0.3, 0.4) is 0 Å². The van der Waals surface area contributed by atoms with Gasteiger partial charge in [-0.05, 0) is 25.0 Å². The SMILES string of the molecule is O=S(c1ccccc1C(F)(F)F)N1CCCCC1. The van der Waals surface area contributed by atoms with Gasteiger partial charge in [0.05, 0.1) is 10.5 Å². The van der Waals surface area contributed by atoms with Gasteiger partial charge in [0.25, 0.3) is 0 Å². The molecule has 0 saturated carbocycles. The van der Waals surface area contributed by atoms with Gasteiger partial charge in [-0.25, -0.2) is 8.51 Å². The predicted molar refractivity (Wildman–Crippen MR) is 63.3 cm³/mol. The Bertz CT molecular complexity index is 441. The maximum absolute atomic E-state index is 12.8. The highest BCUT2D eigenvalue weighted by atomic mass is 32.2. The van der Waals surface area contributed by atoms with Crippen LogP contribution in [0.15, 0.2) is 29.2 Å². The summed E-state index contributed by atoms with van der Waals surface area (Å²) in [5, 5.41) is 0. The van der Waals surface area contributed by atoms with Gasteiger partial charge in [0, 0.05) is 13.1 Å². The first kappa shape index (κ1) is 13.5. The first-order chi connectivity index (χ1) is 8.50. The van der Waals surface area contributed by atoms with Gasteiger partial charge in [0.2, 0.25) is 0 Å². The Labute approximate surface area is 106 Å². The third kappa shape index (κ3) is 2.92. The zero-order chi connectivity index (χ0) is 13.2. The number of benzene rings is 1. The minimum absolute atomic E-state index is 0.132. The van der Waals surface area contributed by atoms with Gasteiger partial charge in [-0.15, -0.1) is 0 Å². The van der Waals surface area contributed by atoms with Gasteiger partial charge < -0.3 is 0 Å². The number of hydrogen-bond donors (Lipinski definition) is 0. The summed E-state index contributed by atoms with van der Waals surface area (Å²) in [5.74, 6) is 0. The van der Waals surface area contributed by atoms with E-state index in [2.05, 4.69) is 0 Å². The van der Waals surface area contributed by atoms with Crippen LogP contribution in [0.5, 0.6) is 0 Å². The molecule has 0 N–H and O–H groups in total. The number of nitrogens with zero attached hydrogens (tertiary/aromatic N) is 1. The molecule has 0 bridgehead atoms. The lowest BCUT2D eigenvalue weighted by atomic mass is 10.2. The second kappa shape index (κ2) is 5.40. The normalized spacial score (nSPS) is 19.7. The molecule has 1 aromatic rings. The van der Waals surface area contributed by atoms with Crippen LogP contribution in [0.4, 0.5) is 13.2 Å². The van der Waals surface area contributed by atoms with Crippen molar-refractivity contribution in [3.05, 3.63) is 29.8 Å². The van der Waals surface area contributed by atoms with Crippen molar-refractivity contribution >= 4 is 11.0 Å². The quantitative estimate of drug-likeness (QED) is 0.813. The molecular formula is C12H14F3NOS. The smallest absolute Gasteiger partial charge is 0.237 e. The van der Waals surface area contributed by atoms with Gasteiger partial charge in [0.1, 0.15) is 11.0 Å². The first-order valence-electron chi connectivity index (χ1n) is 5.83. The highest BCUT2D eigenvalue weighted by Crippen LogP contribution is 2.34. The molecule has 1 atom stereocenters. The number of rotatable bonds is 2. The van der Waals surface area contributed by atoms with Crippen LogP contribution in [0.1, 0.15) is 24.8 Å². The molecule has 100 valence electrons. The van der Waals surface area contributed by atoms with Crippen molar-refractivity contribution in [3.63, 3.8) is 0 Å². The van der Waals surface area contributed by atoms with Gasteiger partial charge in [0.15, 0.2) is 0 Å². The molecule has 1 unspecified atom stereocenters. The fourth-order valence-electron chi connectivity index (χ4n) is 2.02. The third-order valence-corrected chi connectivity index (χ3v) is 4.50. The predicted octanol–water partition coefficient (Wildman–Crippen LogP) is 3.21. The van der Waals surface area contributed by atoms with Crippen molar-refractivity contribution in [2.24, 2.45) is 0 Å². The Hall–Kier alpha value is -0.880.